The summed E-state index contributed by atoms with van der Waals surface area (Å²) < 4.78 is 4.44. The number of hydrogen-bond acceptors (Lipinski definition) is 8. The summed E-state index contributed by atoms with van der Waals surface area (Å²) in [6, 6.07) is 56.9. The molecule has 0 amide bonds. The fraction of sp³-hybridized carbons (Fsp3) is 0.250. The number of para-hydroxylation sites is 4. The van der Waals surface area contributed by atoms with E-state index in [0.717, 1.165) is 88.0 Å². The molecule has 0 atom stereocenters. The summed E-state index contributed by atoms with van der Waals surface area (Å²) in [7, 11) is 0. The predicted octanol–water partition coefficient (Wildman–Crippen LogP) is 19.2. The normalized spacial score (nSPS) is 12.5. The summed E-state index contributed by atoms with van der Waals surface area (Å²) in [4.78, 5) is 23.0. The SMILES string of the molecule is CSc1cc(-c2cc(-c3cc(SC)cc(-c4cccc5c4nc(-c4ccccc4O)n5-c4cc(C(C)(C)C)cc(C(C)(C)C)c4)c3)ncn2)cc(-c2cccc3c2nc(-c2ccccc2O)n3-c2cc(C(C)(C)C)cc(C(C)(C)C)c2)c1. The van der Waals surface area contributed by atoms with Gasteiger partial charge in [-0.25, -0.2) is 19.9 Å². The Kier molecular flexibility index (Phi) is 14.4. The molecule has 82 heavy (non-hydrogen) atoms. The van der Waals surface area contributed by atoms with E-state index in [0.29, 0.717) is 22.8 Å². The number of thioether (sulfide) groups is 2. The van der Waals surface area contributed by atoms with Crippen LogP contribution in [0.4, 0.5) is 0 Å². The van der Waals surface area contributed by atoms with E-state index in [9.17, 15) is 10.2 Å². The monoisotopic (exact) mass is 1120 g/mol. The Balaban J connectivity index is 1.05. The lowest BCUT2D eigenvalue weighted by atomic mass is 9.80. The molecule has 0 aliphatic heterocycles. The third-order valence-electron chi connectivity index (χ3n) is 15.6. The van der Waals surface area contributed by atoms with Crippen LogP contribution in [0.5, 0.6) is 11.5 Å². The van der Waals surface area contributed by atoms with E-state index in [1.165, 1.54) is 22.3 Å². The first-order valence-electron chi connectivity index (χ1n) is 28.0. The average molecular weight is 1120 g/mol. The van der Waals surface area contributed by atoms with Crippen LogP contribution in [0.1, 0.15) is 105 Å². The van der Waals surface area contributed by atoms with E-state index in [1.807, 2.05) is 36.4 Å². The van der Waals surface area contributed by atoms with Gasteiger partial charge in [-0.2, -0.15) is 0 Å². The van der Waals surface area contributed by atoms with Gasteiger partial charge in [0.25, 0.3) is 0 Å². The minimum absolute atomic E-state index is 0.113. The fourth-order valence-corrected chi connectivity index (χ4v) is 11.8. The summed E-state index contributed by atoms with van der Waals surface area (Å²) in [5.41, 5.74) is 18.7. The topological polar surface area (TPSA) is 102 Å². The minimum atomic E-state index is -0.113. The smallest absolute Gasteiger partial charge is 0.149 e. The number of fused-ring (bicyclic) bond motifs is 2. The van der Waals surface area contributed by atoms with Gasteiger partial charge in [0.1, 0.15) is 29.5 Å². The minimum Gasteiger partial charge on any atom is -0.507 e. The van der Waals surface area contributed by atoms with Gasteiger partial charge in [-0.1, -0.05) is 144 Å². The summed E-state index contributed by atoms with van der Waals surface area (Å²) in [6.45, 7) is 27.1. The highest BCUT2D eigenvalue weighted by Crippen LogP contribution is 2.44. The van der Waals surface area contributed by atoms with Gasteiger partial charge in [-0.3, -0.25) is 9.13 Å². The van der Waals surface area contributed by atoms with Gasteiger partial charge in [-0.05, 0) is 171 Å². The Bertz CT molecular complexity index is 3940. The molecule has 0 aliphatic rings. The molecule has 0 unspecified atom stereocenters. The summed E-state index contributed by atoms with van der Waals surface area (Å²) in [5, 5.41) is 22.9. The quantitative estimate of drug-likeness (QED) is 0.131. The molecule has 11 rings (SSSR count). The van der Waals surface area contributed by atoms with Gasteiger partial charge in [0.2, 0.25) is 0 Å². The molecule has 11 aromatic rings. The average Bonchev–Trinajstić information content (AvgIpc) is 3.99. The van der Waals surface area contributed by atoms with Crippen molar-refractivity contribution < 1.29 is 10.2 Å². The largest absolute Gasteiger partial charge is 0.507 e. The molecule has 2 N–H and O–H groups in total. The maximum atomic E-state index is 11.5. The summed E-state index contributed by atoms with van der Waals surface area (Å²) in [5.74, 6) is 1.68. The molecule has 3 aromatic heterocycles. The van der Waals surface area contributed by atoms with Crippen LogP contribution < -0.4 is 0 Å². The van der Waals surface area contributed by atoms with Crippen LogP contribution in [-0.4, -0.2) is 51.8 Å². The van der Waals surface area contributed by atoms with Crippen molar-refractivity contribution in [1.82, 2.24) is 29.1 Å². The highest BCUT2D eigenvalue weighted by atomic mass is 32.2. The number of hydrogen-bond donors (Lipinski definition) is 2. The summed E-state index contributed by atoms with van der Waals surface area (Å²) in [6.07, 6.45) is 5.87. The molecule has 0 spiro atoms. The van der Waals surface area contributed by atoms with Crippen LogP contribution in [-0.2, 0) is 21.7 Å². The second kappa shape index (κ2) is 21.1. The zero-order valence-electron chi connectivity index (χ0n) is 49.6. The van der Waals surface area contributed by atoms with E-state index < -0.39 is 0 Å². The first kappa shape index (κ1) is 56.0. The summed E-state index contributed by atoms with van der Waals surface area (Å²) >= 11 is 3.37. The Hall–Kier alpha value is -7.92. The number of aromatic hydroxyl groups is 2. The molecule has 8 aromatic carbocycles. The second-order valence-electron chi connectivity index (χ2n) is 25.6. The van der Waals surface area contributed by atoms with Crippen LogP contribution in [0, 0.1) is 0 Å². The van der Waals surface area contributed by atoms with Gasteiger partial charge in [-0.15, -0.1) is 23.5 Å². The van der Waals surface area contributed by atoms with Gasteiger partial charge < -0.3 is 10.2 Å². The predicted molar refractivity (Wildman–Crippen MR) is 346 cm³/mol. The highest BCUT2D eigenvalue weighted by Gasteiger charge is 2.28. The molecule has 8 nitrogen and oxygen atoms in total. The lowest BCUT2D eigenvalue weighted by Gasteiger charge is -2.27. The van der Waals surface area contributed by atoms with Crippen LogP contribution in [0.2, 0.25) is 0 Å². The fourth-order valence-electron chi connectivity index (χ4n) is 10.8. The Morgan fingerprint density at radius 3 is 1.05 bits per heavy atom. The third-order valence-corrected chi connectivity index (χ3v) is 17.1. The molecule has 0 fully saturated rings. The molecule has 10 heteroatoms. The number of phenolic OH excluding ortho intramolecular Hbond substituents is 2. The van der Waals surface area contributed by atoms with Crippen LogP contribution in [0.15, 0.2) is 180 Å². The van der Waals surface area contributed by atoms with E-state index in [2.05, 4.69) is 220 Å². The number of phenols is 2. The number of aromatic nitrogens is 6. The third kappa shape index (κ3) is 10.7. The van der Waals surface area contributed by atoms with Crippen molar-refractivity contribution in [2.24, 2.45) is 0 Å². The highest BCUT2D eigenvalue weighted by molar-refractivity contribution is 7.98. The Labute approximate surface area is 491 Å². The molecule has 414 valence electrons. The number of imidazole rings is 2. The number of rotatable bonds is 10. The van der Waals surface area contributed by atoms with Crippen molar-refractivity contribution in [3.63, 3.8) is 0 Å². The Morgan fingerprint density at radius 2 is 0.707 bits per heavy atom. The number of benzene rings is 8. The maximum absolute atomic E-state index is 11.5. The zero-order valence-corrected chi connectivity index (χ0v) is 51.2. The van der Waals surface area contributed by atoms with Gasteiger partial charge in [0, 0.05) is 43.4 Å². The molecule has 0 saturated carbocycles. The first-order valence-corrected chi connectivity index (χ1v) is 30.5. The second-order valence-corrected chi connectivity index (χ2v) is 27.4. The van der Waals surface area contributed by atoms with Gasteiger partial charge >= 0.3 is 0 Å². The van der Waals surface area contributed by atoms with Crippen molar-refractivity contribution >= 4 is 45.6 Å². The molecule has 0 bridgehead atoms. The van der Waals surface area contributed by atoms with Crippen molar-refractivity contribution in [1.29, 1.82) is 0 Å². The van der Waals surface area contributed by atoms with Gasteiger partial charge in [0.15, 0.2) is 0 Å². The van der Waals surface area contributed by atoms with Crippen molar-refractivity contribution in [3.05, 3.63) is 192 Å². The lowest BCUT2D eigenvalue weighted by Crippen LogP contribution is -2.17. The van der Waals surface area contributed by atoms with E-state index in [-0.39, 0.29) is 33.2 Å². The molecule has 3 heterocycles. The zero-order chi connectivity index (χ0) is 58.2. The standard InChI is InChI=1S/C72H72N6O2S2/c1-69(2,3)47-35-48(70(4,5)6)38-51(37-47)77-61-25-19-23-55(65(61)75-67(77)57-21-15-17-27-63(57)79)43-29-45(33-53(31-43)81-13)59-41-60(74-42-73-59)46-30-44(32-54(34-46)82-14)56-24-20-26-62-66(56)76-68(58-22-16-18-28-64(58)80)78(62)52-39-49(71(7,8)9)36-50(40-52)72(10,11)12/h15-42,79-80H,1-14H3. The maximum Gasteiger partial charge on any atom is 0.149 e. The van der Waals surface area contributed by atoms with Crippen molar-refractivity contribution in [2.45, 2.75) is 115 Å². The number of nitrogens with zero attached hydrogens (tertiary/aromatic N) is 6. The molecular weight excluding hydrogens is 1040 g/mol. The van der Waals surface area contributed by atoms with E-state index in [1.54, 1.807) is 42.0 Å². The van der Waals surface area contributed by atoms with Crippen molar-refractivity contribution in [3.8, 4) is 90.4 Å². The molecular formula is C72H72N6O2S2. The van der Waals surface area contributed by atoms with E-state index >= 15 is 0 Å². The molecule has 0 saturated heterocycles. The lowest BCUT2D eigenvalue weighted by molar-refractivity contribution is 0.476. The van der Waals surface area contributed by atoms with Gasteiger partial charge in [0.05, 0.1) is 44.6 Å². The van der Waals surface area contributed by atoms with Crippen LogP contribution in [0.3, 0.4) is 0 Å². The van der Waals surface area contributed by atoms with E-state index in [4.69, 9.17) is 19.9 Å². The van der Waals surface area contributed by atoms with Crippen LogP contribution >= 0.6 is 23.5 Å². The Morgan fingerprint density at radius 1 is 0.366 bits per heavy atom. The molecule has 0 aliphatic carbocycles. The molecule has 0 radical (unpaired) electrons. The first-order chi connectivity index (χ1) is 38.9. The van der Waals surface area contributed by atoms with Crippen molar-refractivity contribution in [2.75, 3.05) is 12.5 Å². The van der Waals surface area contributed by atoms with Crippen LogP contribution in [0.25, 0.3) is 101 Å².